The Morgan fingerprint density at radius 3 is 2.25 bits per heavy atom. The summed E-state index contributed by atoms with van der Waals surface area (Å²) in [6.45, 7) is 2.95. The third-order valence-electron chi connectivity index (χ3n) is 5.88. The summed E-state index contributed by atoms with van der Waals surface area (Å²) in [6, 6.07) is 27.2. The summed E-state index contributed by atoms with van der Waals surface area (Å²) in [5.74, 6) is 2.14. The fourth-order valence-electron chi connectivity index (χ4n) is 3.95. The first-order valence-electron chi connectivity index (χ1n) is 12.5. The van der Waals surface area contributed by atoms with Crippen LogP contribution in [0.25, 0.3) is 0 Å². The van der Waals surface area contributed by atoms with Crippen molar-refractivity contribution >= 4 is 23.6 Å². The maximum absolute atomic E-state index is 13.6. The molecule has 3 rings (SSSR count). The van der Waals surface area contributed by atoms with Gasteiger partial charge >= 0.3 is 0 Å². The van der Waals surface area contributed by atoms with E-state index in [9.17, 15) is 9.59 Å². The first-order chi connectivity index (χ1) is 17.6. The second kappa shape index (κ2) is 15.0. The first-order valence-corrected chi connectivity index (χ1v) is 13.6. The van der Waals surface area contributed by atoms with Crippen LogP contribution in [-0.4, -0.2) is 42.2 Å². The highest BCUT2D eigenvalue weighted by Gasteiger charge is 2.30. The van der Waals surface area contributed by atoms with Gasteiger partial charge in [-0.05, 0) is 35.2 Å². The van der Waals surface area contributed by atoms with Crippen molar-refractivity contribution in [3.8, 4) is 5.75 Å². The number of thioether (sulfide) groups is 1. The summed E-state index contributed by atoms with van der Waals surface area (Å²) in [5.41, 5.74) is 3.20. The zero-order valence-electron chi connectivity index (χ0n) is 21.2. The molecule has 190 valence electrons. The number of hydrogen-bond donors (Lipinski definition) is 1. The lowest BCUT2D eigenvalue weighted by Crippen LogP contribution is -2.50. The zero-order chi connectivity index (χ0) is 25.6. The largest absolute Gasteiger partial charge is 0.497 e. The number of benzene rings is 3. The van der Waals surface area contributed by atoms with E-state index in [1.54, 1.807) is 23.8 Å². The highest BCUT2D eigenvalue weighted by molar-refractivity contribution is 7.98. The van der Waals surface area contributed by atoms with Crippen molar-refractivity contribution in [2.24, 2.45) is 0 Å². The molecule has 0 aliphatic carbocycles. The zero-order valence-corrected chi connectivity index (χ0v) is 22.0. The minimum absolute atomic E-state index is 0.0223. The Hall–Kier alpha value is -3.25. The molecule has 0 radical (unpaired) electrons. The number of nitrogens with one attached hydrogen (secondary N) is 1. The van der Waals surface area contributed by atoms with Gasteiger partial charge in [0.2, 0.25) is 11.8 Å². The smallest absolute Gasteiger partial charge is 0.243 e. The lowest BCUT2D eigenvalue weighted by atomic mass is 10.0. The SMILES string of the molecule is CCCNC(=O)C(Cc1ccccc1)N(Cc1cccc(OC)c1)C(=O)CCSCc1ccccc1. The number of methoxy groups -OCH3 is 1. The predicted molar refractivity (Wildman–Crippen MR) is 148 cm³/mol. The molecule has 0 heterocycles. The lowest BCUT2D eigenvalue weighted by molar-refractivity contribution is -0.141. The Morgan fingerprint density at radius 2 is 1.58 bits per heavy atom. The van der Waals surface area contributed by atoms with Crippen molar-refractivity contribution in [2.75, 3.05) is 19.4 Å². The van der Waals surface area contributed by atoms with Gasteiger partial charge in [0.1, 0.15) is 11.8 Å². The van der Waals surface area contributed by atoms with Crippen molar-refractivity contribution in [1.82, 2.24) is 10.2 Å². The summed E-state index contributed by atoms with van der Waals surface area (Å²) >= 11 is 1.73. The normalized spacial score (nSPS) is 11.5. The second-order valence-corrected chi connectivity index (χ2v) is 9.76. The molecule has 0 saturated heterocycles. The maximum atomic E-state index is 13.6. The fourth-order valence-corrected chi connectivity index (χ4v) is 4.85. The van der Waals surface area contributed by atoms with Crippen LogP contribution in [0, 0.1) is 0 Å². The van der Waals surface area contributed by atoms with Gasteiger partial charge in [-0.1, -0.05) is 79.7 Å². The highest BCUT2D eigenvalue weighted by atomic mass is 32.2. The number of carbonyl (C=O) groups is 2. The Morgan fingerprint density at radius 1 is 0.917 bits per heavy atom. The molecule has 5 nitrogen and oxygen atoms in total. The van der Waals surface area contributed by atoms with Crippen LogP contribution >= 0.6 is 11.8 Å². The molecule has 0 aromatic heterocycles. The molecule has 1 atom stereocenters. The summed E-state index contributed by atoms with van der Waals surface area (Å²) in [7, 11) is 1.63. The number of hydrogen-bond acceptors (Lipinski definition) is 4. The molecular weight excluding hydrogens is 468 g/mol. The maximum Gasteiger partial charge on any atom is 0.243 e. The van der Waals surface area contributed by atoms with Gasteiger partial charge < -0.3 is 15.0 Å². The molecule has 3 aromatic carbocycles. The fraction of sp³-hybridized carbons (Fsp3) is 0.333. The number of nitrogens with zero attached hydrogens (tertiary/aromatic N) is 1. The van der Waals surface area contributed by atoms with E-state index in [4.69, 9.17) is 4.74 Å². The van der Waals surface area contributed by atoms with E-state index in [-0.39, 0.29) is 11.8 Å². The third kappa shape index (κ3) is 8.76. The van der Waals surface area contributed by atoms with Gasteiger partial charge in [0.05, 0.1) is 7.11 Å². The second-order valence-electron chi connectivity index (χ2n) is 8.66. The average molecular weight is 505 g/mol. The van der Waals surface area contributed by atoms with E-state index in [0.29, 0.717) is 31.7 Å². The minimum atomic E-state index is -0.600. The molecular formula is C30H36N2O3S. The van der Waals surface area contributed by atoms with Crippen LogP contribution in [0.2, 0.25) is 0 Å². The van der Waals surface area contributed by atoms with E-state index >= 15 is 0 Å². The Bertz CT molecular complexity index is 1080. The third-order valence-corrected chi connectivity index (χ3v) is 6.91. The van der Waals surface area contributed by atoms with Gasteiger partial charge in [0.15, 0.2) is 0 Å². The predicted octanol–water partition coefficient (Wildman–Crippen LogP) is 5.48. The van der Waals surface area contributed by atoms with E-state index < -0.39 is 6.04 Å². The van der Waals surface area contributed by atoms with Crippen LogP contribution < -0.4 is 10.1 Å². The lowest BCUT2D eigenvalue weighted by Gasteiger charge is -2.31. The average Bonchev–Trinajstić information content (AvgIpc) is 2.92. The number of amides is 2. The standard InChI is InChI=1S/C30H36N2O3S/c1-3-18-31-30(34)28(21-24-11-6-4-7-12-24)32(22-26-15-10-16-27(20-26)35-2)29(33)17-19-36-23-25-13-8-5-9-14-25/h4-16,20,28H,3,17-19,21-23H2,1-2H3,(H,31,34). The molecule has 6 heteroatoms. The summed E-state index contributed by atoms with van der Waals surface area (Å²) < 4.78 is 5.39. The van der Waals surface area contributed by atoms with Gasteiger partial charge in [0.25, 0.3) is 0 Å². The van der Waals surface area contributed by atoms with Crippen LogP contribution in [0.15, 0.2) is 84.9 Å². The molecule has 0 aliphatic heterocycles. The molecule has 0 bridgehead atoms. The van der Waals surface area contributed by atoms with Gasteiger partial charge in [0, 0.05) is 37.4 Å². The van der Waals surface area contributed by atoms with Crippen LogP contribution in [0.4, 0.5) is 0 Å². The minimum Gasteiger partial charge on any atom is -0.497 e. The van der Waals surface area contributed by atoms with E-state index in [0.717, 1.165) is 29.1 Å². The quantitative estimate of drug-likeness (QED) is 0.295. The van der Waals surface area contributed by atoms with Crippen LogP contribution in [0.1, 0.15) is 36.5 Å². The summed E-state index contributed by atoms with van der Waals surface area (Å²) in [4.78, 5) is 28.7. The summed E-state index contributed by atoms with van der Waals surface area (Å²) in [5, 5.41) is 3.02. The number of ether oxygens (including phenoxy) is 1. The Labute approximate surface area is 219 Å². The van der Waals surface area contributed by atoms with E-state index in [1.807, 2.05) is 79.7 Å². The highest BCUT2D eigenvalue weighted by Crippen LogP contribution is 2.20. The molecule has 36 heavy (non-hydrogen) atoms. The van der Waals surface area contributed by atoms with Crippen molar-refractivity contribution in [3.05, 3.63) is 102 Å². The molecule has 1 unspecified atom stereocenters. The number of carbonyl (C=O) groups excluding carboxylic acids is 2. The van der Waals surface area contributed by atoms with Gasteiger partial charge in [-0.3, -0.25) is 9.59 Å². The van der Waals surface area contributed by atoms with E-state index in [1.165, 1.54) is 5.56 Å². The van der Waals surface area contributed by atoms with Crippen LogP contribution in [-0.2, 0) is 28.3 Å². The molecule has 3 aromatic rings. The molecule has 1 N–H and O–H groups in total. The molecule has 2 amide bonds. The van der Waals surface area contributed by atoms with E-state index in [2.05, 4.69) is 17.4 Å². The first kappa shape index (κ1) is 27.3. The van der Waals surface area contributed by atoms with Crippen LogP contribution in [0.5, 0.6) is 5.75 Å². The molecule has 0 spiro atoms. The Kier molecular flexibility index (Phi) is 11.4. The molecule has 0 fully saturated rings. The Balaban J connectivity index is 1.80. The van der Waals surface area contributed by atoms with Gasteiger partial charge in [-0.2, -0.15) is 11.8 Å². The molecule has 0 aliphatic rings. The van der Waals surface area contributed by atoms with Gasteiger partial charge in [-0.15, -0.1) is 0 Å². The van der Waals surface area contributed by atoms with Crippen molar-refractivity contribution in [2.45, 2.75) is 44.5 Å². The summed E-state index contributed by atoms with van der Waals surface area (Å²) in [6.07, 6.45) is 1.67. The van der Waals surface area contributed by atoms with Crippen molar-refractivity contribution < 1.29 is 14.3 Å². The topological polar surface area (TPSA) is 58.6 Å². The van der Waals surface area contributed by atoms with Crippen LogP contribution in [0.3, 0.4) is 0 Å². The van der Waals surface area contributed by atoms with Crippen molar-refractivity contribution in [1.29, 1.82) is 0 Å². The van der Waals surface area contributed by atoms with Crippen molar-refractivity contribution in [3.63, 3.8) is 0 Å². The monoisotopic (exact) mass is 504 g/mol. The molecule has 0 saturated carbocycles. The number of rotatable bonds is 14. The van der Waals surface area contributed by atoms with Gasteiger partial charge in [-0.25, -0.2) is 0 Å².